The highest BCUT2D eigenvalue weighted by Crippen LogP contribution is 2.42. The third kappa shape index (κ3) is 5.79. The highest BCUT2D eigenvalue weighted by molar-refractivity contribution is 5.77. The van der Waals surface area contributed by atoms with Crippen molar-refractivity contribution in [3.05, 3.63) is 0 Å². The van der Waals surface area contributed by atoms with Gasteiger partial charge in [0.25, 0.3) is 0 Å². The molecule has 0 aliphatic carbocycles. The third-order valence-electron chi connectivity index (χ3n) is 7.73. The van der Waals surface area contributed by atoms with Crippen molar-refractivity contribution in [3.63, 3.8) is 0 Å². The van der Waals surface area contributed by atoms with Crippen LogP contribution in [0, 0.1) is 17.8 Å². The first-order valence-electron chi connectivity index (χ1n) is 12.5. The van der Waals surface area contributed by atoms with Crippen LogP contribution < -0.4 is 5.32 Å². The molecule has 4 heterocycles. The van der Waals surface area contributed by atoms with Gasteiger partial charge in [-0.15, -0.1) is 0 Å². The minimum absolute atomic E-state index is 0.0527. The van der Waals surface area contributed by atoms with E-state index in [-0.39, 0.29) is 35.8 Å². The summed E-state index contributed by atoms with van der Waals surface area (Å²) in [6.45, 7) is 10.3. The van der Waals surface area contributed by atoms with Gasteiger partial charge in [0.15, 0.2) is 0 Å². The van der Waals surface area contributed by atoms with E-state index in [1.54, 1.807) is 0 Å². The summed E-state index contributed by atoms with van der Waals surface area (Å²) in [6.07, 6.45) is 6.68. The number of likely N-dealkylation sites (tertiary alicyclic amines) is 2. The van der Waals surface area contributed by atoms with Crippen molar-refractivity contribution in [1.82, 2.24) is 15.1 Å². The number of nitrogens with one attached hydrogen (secondary N) is 1. The third-order valence-corrected chi connectivity index (χ3v) is 7.73. The van der Waals surface area contributed by atoms with Crippen LogP contribution in [-0.4, -0.2) is 85.8 Å². The van der Waals surface area contributed by atoms with E-state index in [4.69, 9.17) is 9.47 Å². The van der Waals surface area contributed by atoms with E-state index in [1.807, 2.05) is 18.7 Å². The largest absolute Gasteiger partial charge is 0.381 e. The lowest BCUT2D eigenvalue weighted by atomic mass is 9.84. The van der Waals surface area contributed by atoms with Crippen molar-refractivity contribution < 1.29 is 19.1 Å². The molecule has 0 unspecified atom stereocenters. The molecule has 7 heteroatoms. The Bertz CT molecular complexity index is 616. The number of carbonyl (C=O) groups excluding carboxylic acids is 2. The van der Waals surface area contributed by atoms with Gasteiger partial charge in [0, 0.05) is 57.3 Å². The molecule has 0 aromatic rings. The molecule has 4 fully saturated rings. The number of amides is 2. The molecule has 2 amide bonds. The molecule has 0 bridgehead atoms. The van der Waals surface area contributed by atoms with Crippen LogP contribution in [0.5, 0.6) is 0 Å². The smallest absolute Gasteiger partial charge is 0.225 e. The molecular weight excluding hydrogens is 394 g/mol. The highest BCUT2D eigenvalue weighted by atomic mass is 16.5. The van der Waals surface area contributed by atoms with Gasteiger partial charge in [0.2, 0.25) is 11.8 Å². The summed E-state index contributed by atoms with van der Waals surface area (Å²) in [7, 11) is 0. The molecule has 7 nitrogen and oxygen atoms in total. The van der Waals surface area contributed by atoms with Crippen molar-refractivity contribution in [2.75, 3.05) is 46.0 Å². The van der Waals surface area contributed by atoms with E-state index in [0.717, 1.165) is 71.0 Å². The van der Waals surface area contributed by atoms with Gasteiger partial charge in [-0.25, -0.2) is 0 Å². The van der Waals surface area contributed by atoms with Crippen LogP contribution in [0.3, 0.4) is 0 Å². The van der Waals surface area contributed by atoms with Gasteiger partial charge in [-0.05, 0) is 64.3 Å². The average Bonchev–Trinajstić information content (AvgIpc) is 3.46. The SMILES string of the molecule is CC(C)NC(=O)C[C@@H]1CN(CCC2CCOCC2)[C@@H]2CO[C@@H](CC(=O)N3CCCC3)[C@H]12. The molecule has 0 spiro atoms. The zero-order valence-electron chi connectivity index (χ0n) is 19.4. The zero-order valence-corrected chi connectivity index (χ0v) is 19.4. The lowest BCUT2D eigenvalue weighted by molar-refractivity contribution is -0.133. The van der Waals surface area contributed by atoms with E-state index in [2.05, 4.69) is 10.2 Å². The Morgan fingerprint density at radius 1 is 1.10 bits per heavy atom. The monoisotopic (exact) mass is 435 g/mol. The first-order chi connectivity index (χ1) is 15.0. The quantitative estimate of drug-likeness (QED) is 0.632. The molecule has 176 valence electrons. The highest BCUT2D eigenvalue weighted by Gasteiger charge is 2.51. The molecule has 0 saturated carbocycles. The molecule has 4 aliphatic heterocycles. The Hall–Kier alpha value is -1.18. The van der Waals surface area contributed by atoms with Gasteiger partial charge in [0.1, 0.15) is 0 Å². The fraction of sp³-hybridized carbons (Fsp3) is 0.917. The topological polar surface area (TPSA) is 71.1 Å². The summed E-state index contributed by atoms with van der Waals surface area (Å²) in [5.74, 6) is 1.64. The maximum Gasteiger partial charge on any atom is 0.225 e. The second-order valence-electron chi connectivity index (χ2n) is 10.3. The Balaban J connectivity index is 1.39. The lowest BCUT2D eigenvalue weighted by Gasteiger charge is -2.27. The van der Waals surface area contributed by atoms with Crippen molar-refractivity contribution in [2.45, 2.75) is 77.0 Å². The fourth-order valence-electron chi connectivity index (χ4n) is 6.14. The second-order valence-corrected chi connectivity index (χ2v) is 10.3. The molecule has 4 rings (SSSR count). The number of ether oxygens (including phenoxy) is 2. The summed E-state index contributed by atoms with van der Waals surface area (Å²) in [4.78, 5) is 30.0. The molecular formula is C24H41N3O4. The summed E-state index contributed by atoms with van der Waals surface area (Å²) in [5, 5.41) is 3.06. The van der Waals surface area contributed by atoms with Gasteiger partial charge in [-0.3, -0.25) is 14.5 Å². The summed E-state index contributed by atoms with van der Waals surface area (Å²) < 4.78 is 11.7. The Morgan fingerprint density at radius 3 is 2.55 bits per heavy atom. The first-order valence-corrected chi connectivity index (χ1v) is 12.5. The van der Waals surface area contributed by atoms with Crippen LogP contribution >= 0.6 is 0 Å². The number of nitrogens with zero attached hydrogens (tertiary/aromatic N) is 2. The molecule has 0 radical (unpaired) electrons. The Kier molecular flexibility index (Phi) is 7.88. The fourth-order valence-corrected chi connectivity index (χ4v) is 6.14. The maximum absolute atomic E-state index is 12.8. The van der Waals surface area contributed by atoms with Crippen LogP contribution in [0.15, 0.2) is 0 Å². The van der Waals surface area contributed by atoms with Crippen LogP contribution in [0.2, 0.25) is 0 Å². The summed E-state index contributed by atoms with van der Waals surface area (Å²) in [6, 6.07) is 0.495. The van der Waals surface area contributed by atoms with E-state index in [0.29, 0.717) is 25.5 Å². The normalized spacial score (nSPS) is 32.0. The van der Waals surface area contributed by atoms with Crippen molar-refractivity contribution >= 4 is 11.8 Å². The average molecular weight is 436 g/mol. The molecule has 1 N–H and O–H groups in total. The van der Waals surface area contributed by atoms with Crippen molar-refractivity contribution in [2.24, 2.45) is 17.8 Å². The predicted molar refractivity (Wildman–Crippen MR) is 119 cm³/mol. The summed E-state index contributed by atoms with van der Waals surface area (Å²) in [5.41, 5.74) is 0. The van der Waals surface area contributed by atoms with Crippen LogP contribution in [0.4, 0.5) is 0 Å². The Morgan fingerprint density at radius 2 is 1.84 bits per heavy atom. The van der Waals surface area contributed by atoms with Crippen LogP contribution in [0.25, 0.3) is 0 Å². The van der Waals surface area contributed by atoms with E-state index >= 15 is 0 Å². The van der Waals surface area contributed by atoms with E-state index in [9.17, 15) is 9.59 Å². The Labute approximate surface area is 187 Å². The molecule has 4 atom stereocenters. The number of carbonyl (C=O) groups is 2. The van der Waals surface area contributed by atoms with Gasteiger partial charge in [-0.2, -0.15) is 0 Å². The first kappa shape index (κ1) is 23.0. The second kappa shape index (κ2) is 10.6. The molecule has 31 heavy (non-hydrogen) atoms. The molecule has 0 aromatic carbocycles. The van der Waals surface area contributed by atoms with E-state index < -0.39 is 0 Å². The van der Waals surface area contributed by atoms with Crippen molar-refractivity contribution in [3.8, 4) is 0 Å². The molecule has 4 saturated heterocycles. The minimum atomic E-state index is -0.0527. The number of rotatable bonds is 8. The zero-order chi connectivity index (χ0) is 21.8. The maximum atomic E-state index is 12.8. The van der Waals surface area contributed by atoms with Crippen LogP contribution in [-0.2, 0) is 19.1 Å². The predicted octanol–water partition coefficient (Wildman–Crippen LogP) is 2.05. The minimum Gasteiger partial charge on any atom is -0.381 e. The van der Waals surface area contributed by atoms with E-state index in [1.165, 1.54) is 6.42 Å². The lowest BCUT2D eigenvalue weighted by Crippen LogP contribution is -2.37. The molecule has 0 aromatic heterocycles. The van der Waals surface area contributed by atoms with Gasteiger partial charge in [-0.1, -0.05) is 0 Å². The van der Waals surface area contributed by atoms with Crippen LogP contribution in [0.1, 0.15) is 58.8 Å². The van der Waals surface area contributed by atoms with Gasteiger partial charge < -0.3 is 19.7 Å². The number of fused-ring (bicyclic) bond motifs is 1. The van der Waals surface area contributed by atoms with Gasteiger partial charge in [0.05, 0.1) is 19.1 Å². The number of hydrogen-bond acceptors (Lipinski definition) is 5. The number of hydrogen-bond donors (Lipinski definition) is 1. The summed E-state index contributed by atoms with van der Waals surface area (Å²) >= 11 is 0. The van der Waals surface area contributed by atoms with Gasteiger partial charge >= 0.3 is 0 Å². The molecule has 4 aliphatic rings. The van der Waals surface area contributed by atoms with Crippen molar-refractivity contribution in [1.29, 1.82) is 0 Å². The standard InChI is InChI=1S/C24H41N3O4/c1-17(2)25-22(28)13-19-15-27(10-5-18-6-11-30-12-7-18)20-16-31-21(24(19)20)14-23(29)26-8-3-4-9-26/h17-21,24H,3-16H2,1-2H3,(H,25,28)/t19-,20-,21+,24-/m1/s1.